The number of rotatable bonds is 9. The van der Waals surface area contributed by atoms with E-state index in [-0.39, 0.29) is 18.4 Å². The lowest BCUT2D eigenvalue weighted by Gasteiger charge is -2.57. The van der Waals surface area contributed by atoms with E-state index < -0.39 is 0 Å². The van der Waals surface area contributed by atoms with E-state index in [1.807, 2.05) is 24.3 Å². The van der Waals surface area contributed by atoms with E-state index in [9.17, 15) is 9.59 Å². The molecule has 7 heteroatoms. The normalized spacial score (nSPS) is 25.1. The molecule has 196 valence electrons. The molecule has 2 aromatic heterocycles. The van der Waals surface area contributed by atoms with E-state index in [1.54, 1.807) is 24.5 Å². The maximum atomic E-state index is 12.5. The fraction of sp³-hybridized carbons (Fsp3) is 0.419. The molecule has 0 atom stereocenters. The number of ether oxygens (including phenoxy) is 1. The molecule has 0 saturated heterocycles. The van der Waals surface area contributed by atoms with Crippen LogP contribution in [-0.4, -0.2) is 34.9 Å². The van der Waals surface area contributed by atoms with Crippen LogP contribution in [0.5, 0.6) is 5.75 Å². The summed E-state index contributed by atoms with van der Waals surface area (Å²) in [5.41, 5.74) is 3.33. The molecular weight excluding hydrogens is 476 g/mol. The average molecular weight is 511 g/mol. The van der Waals surface area contributed by atoms with Crippen molar-refractivity contribution in [3.05, 3.63) is 83.8 Å². The lowest BCUT2D eigenvalue weighted by molar-refractivity contribution is -0.118. The van der Waals surface area contributed by atoms with Crippen molar-refractivity contribution in [1.82, 2.24) is 15.3 Å². The van der Waals surface area contributed by atoms with E-state index in [2.05, 4.69) is 32.7 Å². The van der Waals surface area contributed by atoms with Crippen LogP contribution < -0.4 is 15.4 Å². The molecule has 3 aromatic rings. The molecule has 4 saturated carbocycles. The molecule has 0 unspecified atom stereocenters. The van der Waals surface area contributed by atoms with Gasteiger partial charge in [0.25, 0.3) is 11.8 Å². The van der Waals surface area contributed by atoms with Gasteiger partial charge in [0.05, 0.1) is 0 Å². The zero-order chi connectivity index (χ0) is 26.0. The summed E-state index contributed by atoms with van der Waals surface area (Å²) in [6.45, 7) is 0.378. The van der Waals surface area contributed by atoms with Gasteiger partial charge in [0.15, 0.2) is 6.61 Å². The molecule has 4 bridgehead atoms. The van der Waals surface area contributed by atoms with Crippen molar-refractivity contribution in [3.63, 3.8) is 0 Å². The molecule has 2 heterocycles. The Morgan fingerprint density at radius 1 is 0.895 bits per heavy atom. The van der Waals surface area contributed by atoms with Crippen molar-refractivity contribution in [2.45, 2.75) is 50.4 Å². The highest BCUT2D eigenvalue weighted by Gasteiger charge is 2.51. The standard InChI is InChI=1S/C31H34N4O3/c36-29(35-28-16-25(8-12-33-28)30(37)34-11-7-21-5-9-32-10-6-21)20-38-27-3-1-26(2-4-27)31-17-22-13-23(18-31)15-24(14-22)19-31/h1-6,8-10,12,16,22-24H,7,11,13-15,17-20H2,(H,34,37)(H,33,35,36). The molecule has 2 N–H and O–H groups in total. The van der Waals surface area contributed by atoms with Crippen LogP contribution in [0.3, 0.4) is 0 Å². The van der Waals surface area contributed by atoms with Gasteiger partial charge in [-0.05, 0) is 116 Å². The Hall–Kier alpha value is -3.74. The second kappa shape index (κ2) is 10.6. The van der Waals surface area contributed by atoms with Gasteiger partial charge in [-0.25, -0.2) is 4.98 Å². The summed E-state index contributed by atoms with van der Waals surface area (Å²) in [4.78, 5) is 33.2. The fourth-order valence-electron chi connectivity index (χ4n) is 7.31. The van der Waals surface area contributed by atoms with Crippen LogP contribution in [0.1, 0.15) is 60.0 Å². The summed E-state index contributed by atoms with van der Waals surface area (Å²) >= 11 is 0. The third kappa shape index (κ3) is 5.42. The van der Waals surface area contributed by atoms with Crippen LogP contribution in [0.15, 0.2) is 67.1 Å². The van der Waals surface area contributed by atoms with Gasteiger partial charge in [0.2, 0.25) is 0 Å². The molecule has 7 nitrogen and oxygen atoms in total. The van der Waals surface area contributed by atoms with Gasteiger partial charge in [-0.2, -0.15) is 0 Å². The number of benzene rings is 1. The Balaban J connectivity index is 0.989. The monoisotopic (exact) mass is 510 g/mol. The average Bonchev–Trinajstić information content (AvgIpc) is 2.92. The number of nitrogens with zero attached hydrogens (tertiary/aromatic N) is 2. The zero-order valence-electron chi connectivity index (χ0n) is 21.6. The number of anilines is 1. The molecule has 7 rings (SSSR count). The van der Waals surface area contributed by atoms with Crippen LogP contribution in [0.25, 0.3) is 0 Å². The first-order valence-electron chi connectivity index (χ1n) is 13.7. The van der Waals surface area contributed by atoms with Crippen LogP contribution in [0.4, 0.5) is 5.82 Å². The van der Waals surface area contributed by atoms with Gasteiger partial charge in [-0.3, -0.25) is 14.6 Å². The number of carbonyl (C=O) groups excluding carboxylic acids is 2. The van der Waals surface area contributed by atoms with Gasteiger partial charge in [-0.1, -0.05) is 12.1 Å². The predicted molar refractivity (Wildman–Crippen MR) is 145 cm³/mol. The van der Waals surface area contributed by atoms with E-state index in [4.69, 9.17) is 4.74 Å². The highest BCUT2D eigenvalue weighted by atomic mass is 16.5. The summed E-state index contributed by atoms with van der Waals surface area (Å²) in [6.07, 6.45) is 14.0. The van der Waals surface area contributed by atoms with Crippen LogP contribution in [-0.2, 0) is 16.6 Å². The molecular formula is C31H34N4O3. The number of nitrogens with one attached hydrogen (secondary N) is 2. The van der Waals surface area contributed by atoms with Gasteiger partial charge in [0, 0.05) is 30.7 Å². The maximum absolute atomic E-state index is 12.5. The summed E-state index contributed by atoms with van der Waals surface area (Å²) in [5.74, 6) is 3.19. The number of amides is 2. The molecule has 0 radical (unpaired) electrons. The fourth-order valence-corrected chi connectivity index (χ4v) is 7.31. The topological polar surface area (TPSA) is 93.2 Å². The second-order valence-corrected chi connectivity index (χ2v) is 11.4. The van der Waals surface area contributed by atoms with Crippen molar-refractivity contribution in [2.75, 3.05) is 18.5 Å². The van der Waals surface area contributed by atoms with E-state index in [0.29, 0.717) is 35.5 Å². The summed E-state index contributed by atoms with van der Waals surface area (Å²) in [6, 6.07) is 15.4. The van der Waals surface area contributed by atoms with Crippen LogP contribution >= 0.6 is 0 Å². The largest absolute Gasteiger partial charge is 0.484 e. The number of aromatic nitrogens is 2. The van der Waals surface area contributed by atoms with Crippen molar-refractivity contribution >= 4 is 17.6 Å². The molecule has 1 aromatic carbocycles. The molecule has 4 aliphatic rings. The van der Waals surface area contributed by atoms with E-state index in [1.165, 1.54) is 50.3 Å². The Morgan fingerprint density at radius 3 is 2.26 bits per heavy atom. The predicted octanol–water partition coefficient (Wildman–Crippen LogP) is 4.93. The summed E-state index contributed by atoms with van der Waals surface area (Å²) in [5, 5.41) is 5.62. The van der Waals surface area contributed by atoms with Gasteiger partial charge in [0.1, 0.15) is 11.6 Å². The molecule has 38 heavy (non-hydrogen) atoms. The molecule has 0 spiro atoms. The first-order valence-corrected chi connectivity index (χ1v) is 13.7. The summed E-state index contributed by atoms with van der Waals surface area (Å²) in [7, 11) is 0. The van der Waals surface area contributed by atoms with Gasteiger partial charge >= 0.3 is 0 Å². The Morgan fingerprint density at radius 2 is 1.58 bits per heavy atom. The van der Waals surface area contributed by atoms with Crippen molar-refractivity contribution in [3.8, 4) is 5.75 Å². The molecule has 0 aliphatic heterocycles. The zero-order valence-corrected chi connectivity index (χ0v) is 21.6. The summed E-state index contributed by atoms with van der Waals surface area (Å²) < 4.78 is 5.76. The lowest BCUT2D eigenvalue weighted by atomic mass is 9.48. The Labute approximate surface area is 223 Å². The number of carbonyl (C=O) groups is 2. The quantitative estimate of drug-likeness (QED) is 0.426. The van der Waals surface area contributed by atoms with Crippen molar-refractivity contribution < 1.29 is 14.3 Å². The minimum Gasteiger partial charge on any atom is -0.484 e. The number of hydrogen-bond donors (Lipinski definition) is 2. The smallest absolute Gasteiger partial charge is 0.263 e. The number of hydrogen-bond acceptors (Lipinski definition) is 5. The van der Waals surface area contributed by atoms with Crippen molar-refractivity contribution in [1.29, 1.82) is 0 Å². The van der Waals surface area contributed by atoms with Crippen molar-refractivity contribution in [2.24, 2.45) is 17.8 Å². The third-order valence-corrected chi connectivity index (χ3v) is 8.61. The Kier molecular flexibility index (Phi) is 6.83. The van der Waals surface area contributed by atoms with Crippen LogP contribution in [0, 0.1) is 17.8 Å². The maximum Gasteiger partial charge on any atom is 0.263 e. The van der Waals surface area contributed by atoms with E-state index in [0.717, 1.165) is 23.3 Å². The van der Waals surface area contributed by atoms with Gasteiger partial charge < -0.3 is 15.4 Å². The molecule has 4 aliphatic carbocycles. The molecule has 4 fully saturated rings. The number of pyridine rings is 2. The highest BCUT2D eigenvalue weighted by molar-refractivity contribution is 5.96. The second-order valence-electron chi connectivity index (χ2n) is 11.4. The first kappa shape index (κ1) is 24.6. The van der Waals surface area contributed by atoms with Gasteiger partial charge in [-0.15, -0.1) is 0 Å². The van der Waals surface area contributed by atoms with E-state index >= 15 is 0 Å². The van der Waals surface area contributed by atoms with Crippen LogP contribution in [0.2, 0.25) is 0 Å². The third-order valence-electron chi connectivity index (χ3n) is 8.61. The SMILES string of the molecule is O=C(COc1ccc(C23CC4CC(CC(C4)C2)C3)cc1)Nc1cc(C(=O)NCCc2ccncc2)ccn1. The molecule has 2 amide bonds. The minimum atomic E-state index is -0.321. The highest BCUT2D eigenvalue weighted by Crippen LogP contribution is 2.60. The first-order chi connectivity index (χ1) is 18.5. The lowest BCUT2D eigenvalue weighted by Crippen LogP contribution is -2.48. The minimum absolute atomic E-state index is 0.124. The Bertz CT molecular complexity index is 1260.